The van der Waals surface area contributed by atoms with E-state index >= 15 is 0 Å². The number of hydrogen-bond acceptors (Lipinski definition) is 4. The number of rotatable bonds is 4. The molecule has 0 saturated heterocycles. The third-order valence-corrected chi connectivity index (χ3v) is 5.51. The highest BCUT2D eigenvalue weighted by atomic mass is 16.1. The van der Waals surface area contributed by atoms with Gasteiger partial charge >= 0.3 is 0 Å². The van der Waals surface area contributed by atoms with E-state index in [9.17, 15) is 4.79 Å². The van der Waals surface area contributed by atoms with Gasteiger partial charge in [0.1, 0.15) is 6.33 Å². The molecule has 140 valence electrons. The highest BCUT2D eigenvalue weighted by Gasteiger charge is 2.25. The van der Waals surface area contributed by atoms with Crippen LogP contribution in [0.4, 0.5) is 0 Å². The van der Waals surface area contributed by atoms with E-state index in [4.69, 9.17) is 0 Å². The molecule has 4 rings (SSSR count). The molecule has 0 aromatic carbocycles. The van der Waals surface area contributed by atoms with Crippen molar-refractivity contribution in [3.8, 4) is 11.3 Å². The van der Waals surface area contributed by atoms with Crippen molar-refractivity contribution < 1.29 is 4.79 Å². The molecule has 7 nitrogen and oxygen atoms in total. The van der Waals surface area contributed by atoms with Crippen LogP contribution in [0.2, 0.25) is 0 Å². The minimum atomic E-state index is 0.0293. The van der Waals surface area contributed by atoms with E-state index in [0.29, 0.717) is 6.04 Å². The Morgan fingerprint density at radius 3 is 2.70 bits per heavy atom. The van der Waals surface area contributed by atoms with Gasteiger partial charge in [0.2, 0.25) is 0 Å². The summed E-state index contributed by atoms with van der Waals surface area (Å²) in [4.78, 5) is 20.7. The van der Waals surface area contributed by atoms with Crippen molar-refractivity contribution in [2.75, 3.05) is 0 Å². The Kier molecular flexibility index (Phi) is 4.75. The number of carbonyl (C=O) groups excluding carboxylic acids is 1. The summed E-state index contributed by atoms with van der Waals surface area (Å²) in [7, 11) is 1.96. The molecule has 0 bridgehead atoms. The van der Waals surface area contributed by atoms with E-state index in [1.54, 1.807) is 12.5 Å². The van der Waals surface area contributed by atoms with Crippen LogP contribution in [-0.4, -0.2) is 36.3 Å². The third kappa shape index (κ3) is 3.63. The van der Waals surface area contributed by atoms with Crippen molar-refractivity contribution in [2.45, 2.75) is 44.7 Å². The predicted molar refractivity (Wildman–Crippen MR) is 102 cm³/mol. The number of carbonyl (C=O) groups is 1. The number of amides is 1. The molecule has 1 saturated carbocycles. The first-order valence-electron chi connectivity index (χ1n) is 9.35. The van der Waals surface area contributed by atoms with E-state index in [-0.39, 0.29) is 11.9 Å². The van der Waals surface area contributed by atoms with E-state index in [2.05, 4.69) is 26.6 Å². The maximum absolute atomic E-state index is 12.5. The molecular weight excluding hydrogens is 340 g/mol. The highest BCUT2D eigenvalue weighted by molar-refractivity contribution is 5.95. The third-order valence-electron chi connectivity index (χ3n) is 5.51. The first-order chi connectivity index (χ1) is 13.1. The molecule has 1 N–H and O–H groups in total. The standard InChI is InChI=1S/C20H24N6O/c1-14-18(8-10-25(14)2)20(27)24-16-3-5-17(6-4-16)26-12-15(11-23-26)19-7-9-21-13-22-19/h7-13,16-17H,3-6H2,1-2H3,(H,24,27). The van der Waals surface area contributed by atoms with Gasteiger partial charge in [-0.05, 0) is 44.7 Å². The Hall–Kier alpha value is -2.96. The molecule has 1 aliphatic rings. The Morgan fingerprint density at radius 2 is 2.04 bits per heavy atom. The van der Waals surface area contributed by atoms with E-state index in [1.165, 1.54) is 0 Å². The van der Waals surface area contributed by atoms with Gasteiger partial charge in [0, 0.05) is 42.9 Å². The van der Waals surface area contributed by atoms with Crippen LogP contribution in [0.1, 0.15) is 47.8 Å². The number of hydrogen-bond donors (Lipinski definition) is 1. The van der Waals surface area contributed by atoms with Crippen LogP contribution in [-0.2, 0) is 7.05 Å². The quantitative estimate of drug-likeness (QED) is 0.772. The Labute approximate surface area is 158 Å². The minimum Gasteiger partial charge on any atom is -0.354 e. The lowest BCUT2D eigenvalue weighted by molar-refractivity contribution is 0.0921. The largest absolute Gasteiger partial charge is 0.354 e. The zero-order valence-electron chi connectivity index (χ0n) is 15.7. The molecule has 0 unspecified atom stereocenters. The number of aromatic nitrogens is 5. The highest BCUT2D eigenvalue weighted by Crippen LogP contribution is 2.29. The molecule has 1 fully saturated rings. The van der Waals surface area contributed by atoms with Crippen LogP contribution in [0.15, 0.2) is 43.2 Å². The van der Waals surface area contributed by atoms with Crippen molar-refractivity contribution >= 4 is 5.91 Å². The molecular formula is C20H24N6O. The summed E-state index contributed by atoms with van der Waals surface area (Å²) in [6, 6.07) is 4.37. The van der Waals surface area contributed by atoms with Crippen LogP contribution >= 0.6 is 0 Å². The lowest BCUT2D eigenvalue weighted by Crippen LogP contribution is -2.38. The summed E-state index contributed by atoms with van der Waals surface area (Å²) in [5, 5.41) is 7.72. The summed E-state index contributed by atoms with van der Waals surface area (Å²) in [6.45, 7) is 1.97. The average Bonchev–Trinajstić information content (AvgIpc) is 3.31. The second kappa shape index (κ2) is 7.34. The molecule has 1 aliphatic carbocycles. The maximum atomic E-state index is 12.5. The molecule has 0 radical (unpaired) electrons. The lowest BCUT2D eigenvalue weighted by atomic mass is 9.91. The molecule has 0 spiro atoms. The fraction of sp³-hybridized carbons (Fsp3) is 0.400. The number of nitrogens with one attached hydrogen (secondary N) is 1. The molecule has 7 heteroatoms. The molecule has 0 aliphatic heterocycles. The fourth-order valence-electron chi connectivity index (χ4n) is 3.73. The molecule has 3 aromatic rings. The summed E-state index contributed by atoms with van der Waals surface area (Å²) in [5.74, 6) is 0.0293. The van der Waals surface area contributed by atoms with Gasteiger partial charge in [-0.15, -0.1) is 0 Å². The minimum absolute atomic E-state index is 0.0293. The summed E-state index contributed by atoms with van der Waals surface area (Å²) in [5.41, 5.74) is 3.65. The smallest absolute Gasteiger partial charge is 0.253 e. The molecule has 27 heavy (non-hydrogen) atoms. The molecule has 3 aromatic heterocycles. The summed E-state index contributed by atoms with van der Waals surface area (Å²) >= 11 is 0. The Bertz CT molecular complexity index is 921. The van der Waals surface area contributed by atoms with E-state index < -0.39 is 0 Å². The van der Waals surface area contributed by atoms with Crippen molar-refractivity contribution in [1.29, 1.82) is 0 Å². The monoisotopic (exact) mass is 364 g/mol. The van der Waals surface area contributed by atoms with Crippen molar-refractivity contribution in [1.82, 2.24) is 29.6 Å². The average molecular weight is 364 g/mol. The van der Waals surface area contributed by atoms with Gasteiger partial charge < -0.3 is 9.88 Å². The molecule has 1 amide bonds. The van der Waals surface area contributed by atoms with Gasteiger partial charge in [-0.1, -0.05) is 0 Å². The van der Waals surface area contributed by atoms with Crippen LogP contribution in [0.5, 0.6) is 0 Å². The van der Waals surface area contributed by atoms with Crippen LogP contribution in [0, 0.1) is 6.92 Å². The first kappa shape index (κ1) is 17.5. The van der Waals surface area contributed by atoms with Crippen LogP contribution < -0.4 is 5.32 Å². The van der Waals surface area contributed by atoms with Gasteiger partial charge in [-0.3, -0.25) is 9.48 Å². The summed E-state index contributed by atoms with van der Waals surface area (Å²) < 4.78 is 4.01. The topological polar surface area (TPSA) is 77.6 Å². The summed E-state index contributed by atoms with van der Waals surface area (Å²) in [6.07, 6.45) is 13.1. The Balaban J connectivity index is 1.35. The van der Waals surface area contributed by atoms with Crippen molar-refractivity contribution in [2.24, 2.45) is 7.05 Å². The van der Waals surface area contributed by atoms with E-state index in [0.717, 1.165) is 48.2 Å². The zero-order valence-corrected chi connectivity index (χ0v) is 15.7. The normalized spacial score (nSPS) is 19.8. The predicted octanol–water partition coefficient (Wildman–Crippen LogP) is 2.90. The maximum Gasteiger partial charge on any atom is 0.253 e. The van der Waals surface area contributed by atoms with Crippen molar-refractivity contribution in [3.63, 3.8) is 0 Å². The second-order valence-corrected chi connectivity index (χ2v) is 7.21. The molecule has 0 atom stereocenters. The fourth-order valence-corrected chi connectivity index (χ4v) is 3.73. The van der Waals surface area contributed by atoms with Crippen molar-refractivity contribution in [3.05, 3.63) is 54.5 Å². The second-order valence-electron chi connectivity index (χ2n) is 7.21. The van der Waals surface area contributed by atoms with Gasteiger partial charge in [-0.2, -0.15) is 5.10 Å². The van der Waals surface area contributed by atoms with Gasteiger partial charge in [0.15, 0.2) is 0 Å². The SMILES string of the molecule is Cc1c(C(=O)NC2CCC(n3cc(-c4ccncn4)cn3)CC2)ccn1C. The van der Waals surface area contributed by atoms with Crippen LogP contribution in [0.3, 0.4) is 0 Å². The first-order valence-corrected chi connectivity index (χ1v) is 9.35. The van der Waals surface area contributed by atoms with Gasteiger partial charge in [0.05, 0.1) is 23.5 Å². The van der Waals surface area contributed by atoms with E-state index in [1.807, 2.05) is 47.7 Å². The number of nitrogens with zero attached hydrogens (tertiary/aromatic N) is 5. The van der Waals surface area contributed by atoms with Gasteiger partial charge in [0.25, 0.3) is 5.91 Å². The number of aryl methyl sites for hydroxylation is 1. The molecule has 3 heterocycles. The lowest BCUT2D eigenvalue weighted by Gasteiger charge is -2.29. The van der Waals surface area contributed by atoms with Crippen LogP contribution in [0.25, 0.3) is 11.3 Å². The Morgan fingerprint density at radius 1 is 1.22 bits per heavy atom. The van der Waals surface area contributed by atoms with Gasteiger partial charge in [-0.25, -0.2) is 9.97 Å². The zero-order chi connectivity index (χ0) is 18.8.